The van der Waals surface area contributed by atoms with E-state index in [1.165, 1.54) is 23.5 Å². The number of aromatic nitrogens is 1. The highest BCUT2D eigenvalue weighted by Gasteiger charge is 2.16. The summed E-state index contributed by atoms with van der Waals surface area (Å²) in [5, 5.41) is 9.64. The Kier molecular flexibility index (Phi) is 4.87. The molecule has 1 heterocycles. The largest absolute Gasteiger partial charge is 0.313 e. The van der Waals surface area contributed by atoms with Crippen molar-refractivity contribution in [2.24, 2.45) is 0 Å². The quantitative estimate of drug-likeness (QED) is 0.630. The molecule has 3 aromatic rings. The van der Waals surface area contributed by atoms with Gasteiger partial charge in [0.1, 0.15) is 11.5 Å². The van der Waals surface area contributed by atoms with Gasteiger partial charge in [-0.15, -0.1) is 11.3 Å². The van der Waals surface area contributed by atoms with Crippen molar-refractivity contribution in [3.8, 4) is 6.07 Å². The lowest BCUT2D eigenvalue weighted by Gasteiger charge is -2.22. The van der Waals surface area contributed by atoms with Gasteiger partial charge in [0.15, 0.2) is 11.4 Å². The van der Waals surface area contributed by atoms with Gasteiger partial charge in [0.2, 0.25) is 0 Å². The third kappa shape index (κ3) is 3.73. The van der Waals surface area contributed by atoms with E-state index in [0.29, 0.717) is 22.9 Å². The molecule has 124 valence electrons. The molecule has 6 heteroatoms. The van der Waals surface area contributed by atoms with E-state index >= 15 is 0 Å². The van der Waals surface area contributed by atoms with Crippen LogP contribution in [0.1, 0.15) is 26.5 Å². The first-order valence-electron chi connectivity index (χ1n) is 7.55. The predicted octanol–water partition coefficient (Wildman–Crippen LogP) is 4.61. The van der Waals surface area contributed by atoms with Crippen LogP contribution in [-0.2, 0) is 6.54 Å². The Morgan fingerprint density at radius 2 is 1.88 bits per heavy atom. The number of carbonyl (C=O) groups excluding carboxylic acids is 1. The molecule has 0 saturated heterocycles. The van der Waals surface area contributed by atoms with Crippen molar-refractivity contribution < 1.29 is 9.18 Å². The van der Waals surface area contributed by atoms with Crippen molar-refractivity contribution in [1.82, 2.24) is 4.98 Å². The molecule has 0 aliphatic carbocycles. The summed E-state index contributed by atoms with van der Waals surface area (Å²) in [5.74, 6) is -0.290. The fraction of sp³-hybridized carbons (Fsp3) is 0.105. The molecule has 1 aromatic heterocycles. The second kappa shape index (κ2) is 7.24. The van der Waals surface area contributed by atoms with E-state index in [2.05, 4.69) is 11.1 Å². The molecule has 0 saturated carbocycles. The Bertz CT molecular complexity index is 927. The third-order valence-electron chi connectivity index (χ3n) is 3.73. The summed E-state index contributed by atoms with van der Waals surface area (Å²) in [6, 6.07) is 15.5. The Hall–Kier alpha value is -3.04. The first kappa shape index (κ1) is 16.8. The summed E-state index contributed by atoms with van der Waals surface area (Å²) < 4.78 is 13.2. The van der Waals surface area contributed by atoms with Crippen LogP contribution in [0, 0.1) is 24.1 Å². The number of aldehydes is 1. The molecule has 3 rings (SSSR count). The van der Waals surface area contributed by atoms with Gasteiger partial charge in [-0.25, -0.2) is 9.37 Å². The van der Waals surface area contributed by atoms with E-state index in [1.54, 1.807) is 24.3 Å². The van der Waals surface area contributed by atoms with E-state index in [1.807, 2.05) is 24.0 Å². The van der Waals surface area contributed by atoms with Crippen molar-refractivity contribution in [3.05, 3.63) is 76.0 Å². The monoisotopic (exact) mass is 351 g/mol. The summed E-state index contributed by atoms with van der Waals surface area (Å²) >= 11 is 1.42. The second-order valence-electron chi connectivity index (χ2n) is 5.43. The Morgan fingerprint density at radius 1 is 1.20 bits per heavy atom. The summed E-state index contributed by atoms with van der Waals surface area (Å²) in [4.78, 5) is 18.3. The number of carbonyl (C=O) groups is 1. The van der Waals surface area contributed by atoms with Crippen molar-refractivity contribution in [2.45, 2.75) is 13.5 Å². The number of rotatable bonds is 5. The Labute approximate surface area is 148 Å². The van der Waals surface area contributed by atoms with Crippen LogP contribution in [0.15, 0.2) is 48.5 Å². The van der Waals surface area contributed by atoms with Gasteiger partial charge < -0.3 is 4.90 Å². The van der Waals surface area contributed by atoms with Gasteiger partial charge in [-0.1, -0.05) is 12.1 Å². The number of nitriles is 1. The van der Waals surface area contributed by atoms with E-state index in [4.69, 9.17) is 5.26 Å². The minimum absolute atomic E-state index is 0.290. The van der Waals surface area contributed by atoms with Crippen molar-refractivity contribution in [2.75, 3.05) is 4.90 Å². The molecule has 0 amide bonds. The lowest BCUT2D eigenvalue weighted by Crippen LogP contribution is -2.16. The highest BCUT2D eigenvalue weighted by atomic mass is 32.1. The van der Waals surface area contributed by atoms with Crippen LogP contribution in [0.3, 0.4) is 0 Å². The Balaban J connectivity index is 2.01. The number of aryl methyl sites for hydroxylation is 1. The molecular formula is C19H14FN3OS. The van der Waals surface area contributed by atoms with E-state index in [0.717, 1.165) is 22.4 Å². The topological polar surface area (TPSA) is 57.0 Å². The summed E-state index contributed by atoms with van der Waals surface area (Å²) in [5.41, 5.74) is 2.73. The van der Waals surface area contributed by atoms with Crippen LogP contribution in [0.5, 0.6) is 0 Å². The third-order valence-corrected chi connectivity index (χ3v) is 4.74. The molecule has 4 nitrogen and oxygen atoms in total. The van der Waals surface area contributed by atoms with Crippen molar-refractivity contribution >= 4 is 28.4 Å². The Morgan fingerprint density at radius 3 is 2.44 bits per heavy atom. The number of hydrogen-bond acceptors (Lipinski definition) is 5. The molecule has 0 aliphatic heterocycles. The SMILES string of the molecule is Cc1sc(N(Cc2ccc(F)cc2)c2ccc(C#N)cc2)nc1C=O. The first-order valence-corrected chi connectivity index (χ1v) is 8.37. The normalized spacial score (nSPS) is 10.3. The van der Waals surface area contributed by atoms with Crippen LogP contribution in [0.25, 0.3) is 0 Å². The molecular weight excluding hydrogens is 337 g/mol. The van der Waals surface area contributed by atoms with Gasteiger partial charge in [-0.3, -0.25) is 4.79 Å². The molecule has 0 unspecified atom stereocenters. The zero-order valence-electron chi connectivity index (χ0n) is 13.4. The van der Waals surface area contributed by atoms with Gasteiger partial charge in [0, 0.05) is 10.6 Å². The van der Waals surface area contributed by atoms with E-state index in [-0.39, 0.29) is 5.82 Å². The highest BCUT2D eigenvalue weighted by molar-refractivity contribution is 7.15. The minimum atomic E-state index is -0.290. The molecule has 0 spiro atoms. The zero-order valence-corrected chi connectivity index (χ0v) is 14.3. The van der Waals surface area contributed by atoms with Crippen molar-refractivity contribution in [3.63, 3.8) is 0 Å². The number of benzene rings is 2. The maximum Gasteiger partial charge on any atom is 0.191 e. The van der Waals surface area contributed by atoms with E-state index in [9.17, 15) is 9.18 Å². The van der Waals surface area contributed by atoms with Crippen LogP contribution in [-0.4, -0.2) is 11.3 Å². The summed E-state index contributed by atoms with van der Waals surface area (Å²) in [6.07, 6.45) is 0.740. The highest BCUT2D eigenvalue weighted by Crippen LogP contribution is 2.32. The average Bonchev–Trinajstić information content (AvgIpc) is 3.02. The number of nitrogens with zero attached hydrogens (tertiary/aromatic N) is 3. The fourth-order valence-electron chi connectivity index (χ4n) is 2.38. The lowest BCUT2D eigenvalue weighted by molar-refractivity contribution is 0.111. The molecule has 0 N–H and O–H groups in total. The van der Waals surface area contributed by atoms with Crippen molar-refractivity contribution in [1.29, 1.82) is 5.26 Å². The van der Waals surface area contributed by atoms with Crippen LogP contribution in [0.4, 0.5) is 15.2 Å². The maximum atomic E-state index is 13.2. The first-order chi connectivity index (χ1) is 12.1. The number of halogens is 1. The maximum absolute atomic E-state index is 13.2. The summed E-state index contributed by atoms with van der Waals surface area (Å²) in [7, 11) is 0. The van der Waals surface area contributed by atoms with Gasteiger partial charge >= 0.3 is 0 Å². The summed E-state index contributed by atoms with van der Waals surface area (Å²) in [6.45, 7) is 2.32. The van der Waals surface area contributed by atoms with Gasteiger partial charge in [-0.05, 0) is 48.9 Å². The predicted molar refractivity (Wildman–Crippen MR) is 95.6 cm³/mol. The smallest absolute Gasteiger partial charge is 0.191 e. The molecule has 0 radical (unpaired) electrons. The average molecular weight is 351 g/mol. The number of thiazole rings is 1. The van der Waals surface area contributed by atoms with Crippen LogP contribution >= 0.6 is 11.3 Å². The van der Waals surface area contributed by atoms with E-state index < -0.39 is 0 Å². The standard InChI is InChI=1S/C19H14FN3OS/c1-13-18(12-24)22-19(25-13)23(11-15-2-6-16(20)7-3-15)17-8-4-14(10-21)5-9-17/h2-9,12H,11H2,1H3. The van der Waals surface area contributed by atoms with Gasteiger partial charge in [0.05, 0.1) is 18.2 Å². The van der Waals surface area contributed by atoms with Crippen LogP contribution in [0.2, 0.25) is 0 Å². The lowest BCUT2D eigenvalue weighted by atomic mass is 10.1. The van der Waals surface area contributed by atoms with Crippen LogP contribution < -0.4 is 4.90 Å². The number of anilines is 2. The zero-order chi connectivity index (χ0) is 17.8. The minimum Gasteiger partial charge on any atom is -0.313 e. The number of hydrogen-bond donors (Lipinski definition) is 0. The second-order valence-corrected chi connectivity index (χ2v) is 6.61. The molecule has 0 aliphatic rings. The van der Waals surface area contributed by atoms with Gasteiger partial charge in [0.25, 0.3) is 0 Å². The fourth-order valence-corrected chi connectivity index (χ4v) is 3.27. The molecule has 25 heavy (non-hydrogen) atoms. The molecule has 0 fully saturated rings. The molecule has 0 bridgehead atoms. The molecule has 0 atom stereocenters. The van der Waals surface area contributed by atoms with Gasteiger partial charge in [-0.2, -0.15) is 5.26 Å². The molecule has 2 aromatic carbocycles.